The van der Waals surface area contributed by atoms with Gasteiger partial charge in [-0.25, -0.2) is 4.98 Å². The molecule has 1 amide bonds. The first kappa shape index (κ1) is 18.1. The van der Waals surface area contributed by atoms with Gasteiger partial charge in [-0.1, -0.05) is 18.2 Å². The Labute approximate surface area is 169 Å². The molecule has 7 nitrogen and oxygen atoms in total. The number of fused-ring (bicyclic) bond motifs is 1. The molecule has 4 heterocycles. The zero-order chi connectivity index (χ0) is 20.0. The van der Waals surface area contributed by atoms with Gasteiger partial charge in [-0.3, -0.25) is 9.78 Å². The number of hydrogen-bond donors (Lipinski definition) is 0. The Morgan fingerprint density at radius 3 is 2.93 bits per heavy atom. The summed E-state index contributed by atoms with van der Waals surface area (Å²) in [6.45, 7) is 3.71. The largest absolute Gasteiger partial charge is 0.473 e. The van der Waals surface area contributed by atoms with Crippen molar-refractivity contribution in [3.63, 3.8) is 0 Å². The van der Waals surface area contributed by atoms with Crippen LogP contribution in [0.15, 0.2) is 42.9 Å². The Balaban J connectivity index is 1.27. The average molecular weight is 392 g/mol. The standard InChI is InChI=1S/C22H24N4O3/c1-15-10-23-11-20(24-15)29-16-7-8-28-22(9-16)13-26(14-22)21(27)18-12-25(2)19-6-4-3-5-17(18)19/h3-6,10-12,16H,7-9,13-14H2,1-2H3/t16-/m1/s1. The molecule has 3 aromatic rings. The predicted molar refractivity (Wildman–Crippen MR) is 108 cm³/mol. The molecule has 0 unspecified atom stereocenters. The number of carbonyl (C=O) groups excluding carboxylic acids is 1. The Kier molecular flexibility index (Phi) is 4.28. The van der Waals surface area contributed by atoms with Crippen LogP contribution in [-0.4, -0.2) is 56.7 Å². The third-order valence-electron chi connectivity index (χ3n) is 5.84. The number of aryl methyl sites for hydroxylation is 2. The second-order valence-electron chi connectivity index (χ2n) is 8.09. The Morgan fingerprint density at radius 1 is 1.28 bits per heavy atom. The molecule has 2 aromatic heterocycles. The normalized spacial score (nSPS) is 20.6. The topological polar surface area (TPSA) is 69.5 Å². The molecular weight excluding hydrogens is 368 g/mol. The molecular formula is C22H24N4O3. The molecule has 2 saturated heterocycles. The molecule has 2 fully saturated rings. The van der Waals surface area contributed by atoms with Crippen LogP contribution in [0.1, 0.15) is 28.9 Å². The van der Waals surface area contributed by atoms with Gasteiger partial charge in [0.15, 0.2) is 0 Å². The van der Waals surface area contributed by atoms with Crippen LogP contribution in [0.3, 0.4) is 0 Å². The zero-order valence-corrected chi connectivity index (χ0v) is 16.7. The summed E-state index contributed by atoms with van der Waals surface area (Å²) < 4.78 is 14.1. The number of nitrogens with zero attached hydrogens (tertiary/aromatic N) is 4. The molecule has 0 saturated carbocycles. The number of para-hydroxylation sites is 1. The number of amides is 1. The molecule has 1 spiro atoms. The first-order valence-electron chi connectivity index (χ1n) is 9.96. The third kappa shape index (κ3) is 3.25. The molecule has 29 heavy (non-hydrogen) atoms. The van der Waals surface area contributed by atoms with E-state index in [0.717, 1.165) is 35.0 Å². The van der Waals surface area contributed by atoms with Crippen molar-refractivity contribution in [2.75, 3.05) is 19.7 Å². The smallest absolute Gasteiger partial charge is 0.256 e. The maximum atomic E-state index is 13.1. The fourth-order valence-electron chi connectivity index (χ4n) is 4.45. The minimum atomic E-state index is -0.319. The third-order valence-corrected chi connectivity index (χ3v) is 5.84. The number of likely N-dealkylation sites (tertiary alicyclic amines) is 1. The first-order chi connectivity index (χ1) is 14.0. The number of aromatic nitrogens is 3. The molecule has 7 heteroatoms. The zero-order valence-electron chi connectivity index (χ0n) is 16.7. The number of ether oxygens (including phenoxy) is 2. The number of benzene rings is 1. The van der Waals surface area contributed by atoms with E-state index >= 15 is 0 Å². The van der Waals surface area contributed by atoms with Crippen molar-refractivity contribution in [3.8, 4) is 5.88 Å². The van der Waals surface area contributed by atoms with Crippen LogP contribution >= 0.6 is 0 Å². The van der Waals surface area contributed by atoms with E-state index in [0.29, 0.717) is 25.6 Å². The van der Waals surface area contributed by atoms with Gasteiger partial charge in [-0.2, -0.15) is 0 Å². The maximum absolute atomic E-state index is 13.1. The number of rotatable bonds is 3. The molecule has 0 aliphatic carbocycles. The van der Waals surface area contributed by atoms with E-state index in [2.05, 4.69) is 9.97 Å². The van der Waals surface area contributed by atoms with Gasteiger partial charge in [-0.05, 0) is 13.0 Å². The Bertz CT molecular complexity index is 1070. The lowest BCUT2D eigenvalue weighted by atomic mass is 9.84. The number of hydrogen-bond acceptors (Lipinski definition) is 5. The Hall–Kier alpha value is -2.93. The van der Waals surface area contributed by atoms with Crippen molar-refractivity contribution >= 4 is 16.8 Å². The van der Waals surface area contributed by atoms with E-state index in [1.165, 1.54) is 0 Å². The Morgan fingerprint density at radius 2 is 2.10 bits per heavy atom. The van der Waals surface area contributed by atoms with Crippen LogP contribution in [0, 0.1) is 6.92 Å². The quantitative estimate of drug-likeness (QED) is 0.686. The first-order valence-corrected chi connectivity index (χ1v) is 9.96. The monoisotopic (exact) mass is 392 g/mol. The van der Waals surface area contributed by atoms with Gasteiger partial charge in [-0.15, -0.1) is 0 Å². The van der Waals surface area contributed by atoms with E-state index in [1.807, 2.05) is 53.9 Å². The summed E-state index contributed by atoms with van der Waals surface area (Å²) in [5.41, 5.74) is 2.32. The highest BCUT2D eigenvalue weighted by atomic mass is 16.5. The fraction of sp³-hybridized carbons (Fsp3) is 0.409. The molecule has 2 aliphatic rings. The average Bonchev–Trinajstić information content (AvgIpc) is 3.03. The van der Waals surface area contributed by atoms with Gasteiger partial charge >= 0.3 is 0 Å². The molecule has 150 valence electrons. The summed E-state index contributed by atoms with van der Waals surface area (Å²) in [5.74, 6) is 0.610. The number of carbonyl (C=O) groups is 1. The molecule has 0 radical (unpaired) electrons. The van der Waals surface area contributed by atoms with E-state index in [4.69, 9.17) is 9.47 Å². The minimum absolute atomic E-state index is 0.0228. The van der Waals surface area contributed by atoms with Crippen LogP contribution in [-0.2, 0) is 11.8 Å². The van der Waals surface area contributed by atoms with Crippen molar-refractivity contribution < 1.29 is 14.3 Å². The van der Waals surface area contributed by atoms with Gasteiger partial charge in [0, 0.05) is 43.2 Å². The predicted octanol–water partition coefficient (Wildman–Crippen LogP) is 2.73. The van der Waals surface area contributed by atoms with Crippen LogP contribution in [0.4, 0.5) is 0 Å². The van der Waals surface area contributed by atoms with E-state index in [-0.39, 0.29) is 17.6 Å². The summed E-state index contributed by atoms with van der Waals surface area (Å²) >= 11 is 0. The molecule has 5 rings (SSSR count). The van der Waals surface area contributed by atoms with E-state index in [1.54, 1.807) is 12.4 Å². The van der Waals surface area contributed by atoms with Crippen molar-refractivity contribution in [2.24, 2.45) is 7.05 Å². The van der Waals surface area contributed by atoms with Gasteiger partial charge in [0.2, 0.25) is 5.88 Å². The summed E-state index contributed by atoms with van der Waals surface area (Å²) in [4.78, 5) is 23.5. The molecule has 0 N–H and O–H groups in total. The second-order valence-corrected chi connectivity index (χ2v) is 8.09. The van der Waals surface area contributed by atoms with Gasteiger partial charge < -0.3 is 18.9 Å². The molecule has 1 aromatic carbocycles. The molecule has 0 bridgehead atoms. The highest BCUT2D eigenvalue weighted by molar-refractivity contribution is 6.07. The van der Waals surface area contributed by atoms with E-state index in [9.17, 15) is 4.79 Å². The van der Waals surface area contributed by atoms with Crippen molar-refractivity contribution in [3.05, 3.63) is 54.1 Å². The fourth-order valence-corrected chi connectivity index (χ4v) is 4.45. The lowest BCUT2D eigenvalue weighted by Crippen LogP contribution is -2.67. The van der Waals surface area contributed by atoms with Crippen LogP contribution < -0.4 is 4.74 Å². The van der Waals surface area contributed by atoms with Crippen LogP contribution in [0.25, 0.3) is 10.9 Å². The van der Waals surface area contributed by atoms with E-state index < -0.39 is 0 Å². The lowest BCUT2D eigenvalue weighted by molar-refractivity contribution is -0.174. The van der Waals surface area contributed by atoms with Crippen molar-refractivity contribution in [1.29, 1.82) is 0 Å². The SMILES string of the molecule is Cc1cncc(O[C@@H]2CCOC3(C2)CN(C(=O)c2cn(C)c4ccccc24)C3)n1. The van der Waals surface area contributed by atoms with Gasteiger partial charge in [0.25, 0.3) is 5.91 Å². The minimum Gasteiger partial charge on any atom is -0.473 e. The molecule has 1 atom stereocenters. The van der Waals surface area contributed by atoms with Crippen molar-refractivity contribution in [1.82, 2.24) is 19.4 Å². The van der Waals surface area contributed by atoms with Crippen LogP contribution in [0.5, 0.6) is 5.88 Å². The van der Waals surface area contributed by atoms with Gasteiger partial charge in [0.05, 0.1) is 37.2 Å². The molecule has 2 aliphatic heterocycles. The second kappa shape index (κ2) is 6.84. The highest BCUT2D eigenvalue weighted by Crippen LogP contribution is 2.37. The maximum Gasteiger partial charge on any atom is 0.256 e. The van der Waals surface area contributed by atoms with Crippen molar-refractivity contribution in [2.45, 2.75) is 31.5 Å². The highest BCUT2D eigenvalue weighted by Gasteiger charge is 2.50. The lowest BCUT2D eigenvalue weighted by Gasteiger charge is -2.52. The summed E-state index contributed by atoms with van der Waals surface area (Å²) in [6.07, 6.45) is 6.86. The summed E-state index contributed by atoms with van der Waals surface area (Å²) in [5, 5.41) is 0.991. The van der Waals surface area contributed by atoms with Gasteiger partial charge in [0.1, 0.15) is 11.7 Å². The summed E-state index contributed by atoms with van der Waals surface area (Å²) in [6, 6.07) is 7.99. The van der Waals surface area contributed by atoms with Crippen LogP contribution in [0.2, 0.25) is 0 Å². The summed E-state index contributed by atoms with van der Waals surface area (Å²) in [7, 11) is 1.97.